The normalized spacial score (nSPS) is 8.92. The standard InChI is InChI=1S/C9H7ClFN/c10-8-4-3-7(2-1-5-12)6-9(8)11/h3-4,6H,5,12H2. The van der Waals surface area contributed by atoms with Gasteiger partial charge in [-0.05, 0) is 18.2 Å². The van der Waals surface area contributed by atoms with Gasteiger partial charge in [-0.1, -0.05) is 23.4 Å². The summed E-state index contributed by atoms with van der Waals surface area (Å²) in [6, 6.07) is 4.40. The van der Waals surface area contributed by atoms with Gasteiger partial charge in [-0.15, -0.1) is 0 Å². The Morgan fingerprint density at radius 3 is 2.83 bits per heavy atom. The van der Waals surface area contributed by atoms with E-state index in [0.717, 1.165) is 0 Å². The van der Waals surface area contributed by atoms with Gasteiger partial charge < -0.3 is 5.73 Å². The Morgan fingerprint density at radius 1 is 1.50 bits per heavy atom. The summed E-state index contributed by atoms with van der Waals surface area (Å²) in [5.74, 6) is 4.86. The second-order valence-corrected chi connectivity index (χ2v) is 2.54. The van der Waals surface area contributed by atoms with Gasteiger partial charge in [0.05, 0.1) is 11.6 Å². The minimum absolute atomic E-state index is 0.105. The van der Waals surface area contributed by atoms with Crippen LogP contribution in [0, 0.1) is 17.7 Å². The topological polar surface area (TPSA) is 26.0 Å². The third-order valence-corrected chi connectivity index (χ3v) is 1.56. The molecular formula is C9H7ClFN. The number of rotatable bonds is 0. The predicted molar refractivity (Wildman–Crippen MR) is 47.3 cm³/mol. The Kier molecular flexibility index (Phi) is 3.09. The summed E-state index contributed by atoms with van der Waals surface area (Å²) in [4.78, 5) is 0. The van der Waals surface area contributed by atoms with Gasteiger partial charge in [-0.3, -0.25) is 0 Å². The highest BCUT2D eigenvalue weighted by atomic mass is 35.5. The van der Waals surface area contributed by atoms with Crippen LogP contribution >= 0.6 is 11.6 Å². The number of nitrogens with two attached hydrogens (primary N) is 1. The highest BCUT2D eigenvalue weighted by Crippen LogP contribution is 2.14. The predicted octanol–water partition coefficient (Wildman–Crippen LogP) is 1.79. The minimum atomic E-state index is -0.458. The van der Waals surface area contributed by atoms with E-state index in [9.17, 15) is 4.39 Å². The summed E-state index contributed by atoms with van der Waals surface area (Å²) in [6.45, 7) is 0.268. The maximum absolute atomic E-state index is 12.8. The van der Waals surface area contributed by atoms with Crippen molar-refractivity contribution in [2.24, 2.45) is 5.73 Å². The Hall–Kier alpha value is -1.04. The molecule has 0 heterocycles. The van der Waals surface area contributed by atoms with Crippen molar-refractivity contribution < 1.29 is 4.39 Å². The molecule has 0 bridgehead atoms. The molecule has 2 N–H and O–H groups in total. The van der Waals surface area contributed by atoms with Gasteiger partial charge in [0.2, 0.25) is 0 Å². The van der Waals surface area contributed by atoms with Crippen LogP contribution in [0.25, 0.3) is 0 Å². The average Bonchev–Trinajstić information content (AvgIpc) is 2.07. The molecule has 0 aliphatic carbocycles. The SMILES string of the molecule is NCC#Cc1ccc(Cl)c(F)c1. The maximum atomic E-state index is 12.8. The molecule has 0 radical (unpaired) electrons. The van der Waals surface area contributed by atoms with Gasteiger partial charge in [-0.25, -0.2) is 4.39 Å². The lowest BCUT2D eigenvalue weighted by Crippen LogP contribution is -1.93. The molecule has 1 aromatic carbocycles. The smallest absolute Gasteiger partial charge is 0.143 e. The molecular weight excluding hydrogens is 177 g/mol. The summed E-state index contributed by atoms with van der Waals surface area (Å²) in [5.41, 5.74) is 5.74. The first-order chi connectivity index (χ1) is 5.74. The molecule has 62 valence electrons. The van der Waals surface area contributed by atoms with E-state index < -0.39 is 5.82 Å². The fourth-order valence-electron chi connectivity index (χ4n) is 0.727. The second kappa shape index (κ2) is 4.10. The monoisotopic (exact) mass is 183 g/mol. The first-order valence-electron chi connectivity index (χ1n) is 3.38. The molecule has 0 amide bonds. The molecule has 1 aromatic rings. The molecule has 0 fully saturated rings. The van der Waals surface area contributed by atoms with Crippen molar-refractivity contribution in [2.75, 3.05) is 6.54 Å². The third kappa shape index (κ3) is 2.23. The summed E-state index contributed by atoms with van der Waals surface area (Å²) in [7, 11) is 0. The van der Waals surface area contributed by atoms with Crippen molar-refractivity contribution in [3.05, 3.63) is 34.6 Å². The van der Waals surface area contributed by atoms with Crippen LogP contribution in [0.3, 0.4) is 0 Å². The summed E-state index contributed by atoms with van der Waals surface area (Å²) in [6.07, 6.45) is 0. The summed E-state index contributed by atoms with van der Waals surface area (Å²) < 4.78 is 12.8. The van der Waals surface area contributed by atoms with Gasteiger partial charge in [0.15, 0.2) is 0 Å². The number of hydrogen-bond donors (Lipinski definition) is 1. The molecule has 3 heteroatoms. The van der Waals surface area contributed by atoms with Gasteiger partial charge in [0.1, 0.15) is 5.82 Å². The van der Waals surface area contributed by atoms with Crippen LogP contribution in [-0.4, -0.2) is 6.54 Å². The lowest BCUT2D eigenvalue weighted by atomic mass is 10.2. The van der Waals surface area contributed by atoms with E-state index in [-0.39, 0.29) is 11.6 Å². The van der Waals surface area contributed by atoms with E-state index >= 15 is 0 Å². The van der Waals surface area contributed by atoms with Crippen LogP contribution in [0.2, 0.25) is 5.02 Å². The van der Waals surface area contributed by atoms with Crippen molar-refractivity contribution in [3.63, 3.8) is 0 Å². The van der Waals surface area contributed by atoms with Crippen LogP contribution in [0.1, 0.15) is 5.56 Å². The highest BCUT2D eigenvalue weighted by Gasteiger charge is 1.97. The maximum Gasteiger partial charge on any atom is 0.143 e. The number of hydrogen-bond acceptors (Lipinski definition) is 1. The zero-order chi connectivity index (χ0) is 8.97. The Bertz CT molecular complexity index is 338. The van der Waals surface area contributed by atoms with Crippen molar-refractivity contribution >= 4 is 11.6 Å². The molecule has 0 aromatic heterocycles. The van der Waals surface area contributed by atoms with E-state index in [1.807, 2.05) is 0 Å². The first-order valence-corrected chi connectivity index (χ1v) is 3.76. The van der Waals surface area contributed by atoms with Crippen LogP contribution in [0.15, 0.2) is 18.2 Å². The van der Waals surface area contributed by atoms with Crippen molar-refractivity contribution in [1.82, 2.24) is 0 Å². The number of benzene rings is 1. The van der Waals surface area contributed by atoms with Gasteiger partial charge in [-0.2, -0.15) is 0 Å². The molecule has 0 aliphatic heterocycles. The number of halogens is 2. The largest absolute Gasteiger partial charge is 0.320 e. The Labute approximate surface area is 75.3 Å². The van der Waals surface area contributed by atoms with Gasteiger partial charge >= 0.3 is 0 Å². The summed E-state index contributed by atoms with van der Waals surface area (Å²) >= 11 is 5.47. The third-order valence-electron chi connectivity index (χ3n) is 1.25. The average molecular weight is 184 g/mol. The quantitative estimate of drug-likeness (QED) is 0.610. The fourth-order valence-corrected chi connectivity index (χ4v) is 0.845. The molecule has 1 rings (SSSR count). The second-order valence-electron chi connectivity index (χ2n) is 2.13. The van der Waals surface area contributed by atoms with Crippen molar-refractivity contribution in [3.8, 4) is 11.8 Å². The van der Waals surface area contributed by atoms with E-state index in [2.05, 4.69) is 11.8 Å². The lowest BCUT2D eigenvalue weighted by Gasteiger charge is -1.93. The Balaban J connectivity index is 2.97. The van der Waals surface area contributed by atoms with Crippen molar-refractivity contribution in [1.29, 1.82) is 0 Å². The van der Waals surface area contributed by atoms with E-state index in [4.69, 9.17) is 17.3 Å². The van der Waals surface area contributed by atoms with Crippen LogP contribution in [0.4, 0.5) is 4.39 Å². The molecule has 0 saturated carbocycles. The summed E-state index contributed by atoms with van der Waals surface area (Å²) in [5, 5.41) is 0.105. The van der Waals surface area contributed by atoms with Gasteiger partial charge in [0, 0.05) is 5.56 Å². The molecule has 0 aliphatic rings. The Morgan fingerprint density at radius 2 is 2.25 bits per heavy atom. The van der Waals surface area contributed by atoms with E-state index in [1.165, 1.54) is 12.1 Å². The first kappa shape index (κ1) is 9.05. The molecule has 1 nitrogen and oxygen atoms in total. The zero-order valence-corrected chi connectivity index (χ0v) is 7.03. The minimum Gasteiger partial charge on any atom is -0.320 e. The molecule has 0 atom stereocenters. The zero-order valence-electron chi connectivity index (χ0n) is 6.27. The molecule has 0 unspecified atom stereocenters. The van der Waals surface area contributed by atoms with Crippen LogP contribution < -0.4 is 5.73 Å². The highest BCUT2D eigenvalue weighted by molar-refractivity contribution is 6.30. The van der Waals surface area contributed by atoms with Crippen LogP contribution in [0.5, 0.6) is 0 Å². The molecule has 0 spiro atoms. The molecule has 0 saturated heterocycles. The van der Waals surface area contributed by atoms with Crippen molar-refractivity contribution in [2.45, 2.75) is 0 Å². The van der Waals surface area contributed by atoms with E-state index in [1.54, 1.807) is 6.07 Å². The van der Waals surface area contributed by atoms with E-state index in [0.29, 0.717) is 5.56 Å². The molecule has 12 heavy (non-hydrogen) atoms. The van der Waals surface area contributed by atoms with Gasteiger partial charge in [0.25, 0.3) is 0 Å². The fraction of sp³-hybridized carbons (Fsp3) is 0.111. The lowest BCUT2D eigenvalue weighted by molar-refractivity contribution is 0.628. The van der Waals surface area contributed by atoms with Crippen LogP contribution in [-0.2, 0) is 0 Å².